The van der Waals surface area contributed by atoms with Gasteiger partial charge in [0.25, 0.3) is 0 Å². The van der Waals surface area contributed by atoms with Crippen LogP contribution in [0, 0.1) is 0 Å². The van der Waals surface area contributed by atoms with E-state index < -0.39 is 11.6 Å². The van der Waals surface area contributed by atoms with Crippen molar-refractivity contribution in [3.63, 3.8) is 0 Å². The molecule has 0 aliphatic rings. The number of aliphatic carboxylic acids is 1. The lowest BCUT2D eigenvalue weighted by atomic mass is 10.0. The summed E-state index contributed by atoms with van der Waals surface area (Å²) in [6.07, 6.45) is 4.50. The Morgan fingerprint density at radius 2 is 2.04 bits per heavy atom. The molecular weight excluding hydrogens is 348 g/mol. The molecule has 0 aliphatic heterocycles. The number of carboxylic acids is 1. The van der Waals surface area contributed by atoms with E-state index in [9.17, 15) is 9.90 Å². The van der Waals surface area contributed by atoms with Crippen LogP contribution in [-0.4, -0.2) is 40.1 Å². The number of aromatic amines is 1. The highest BCUT2D eigenvalue weighted by molar-refractivity contribution is 5.77. The number of carbonyl (C=O) groups is 1. The lowest BCUT2D eigenvalue weighted by Gasteiger charge is -2.26. The van der Waals surface area contributed by atoms with Crippen LogP contribution in [0.5, 0.6) is 17.4 Å². The van der Waals surface area contributed by atoms with Gasteiger partial charge in [-0.25, -0.2) is 9.89 Å². The molecule has 148 valence electrons. The third-order valence-corrected chi connectivity index (χ3v) is 4.15. The van der Waals surface area contributed by atoms with E-state index in [1.54, 1.807) is 31.3 Å². The van der Waals surface area contributed by atoms with Crippen molar-refractivity contribution in [1.29, 1.82) is 0 Å². The van der Waals surface area contributed by atoms with Crippen LogP contribution in [0.2, 0.25) is 0 Å². The van der Waals surface area contributed by atoms with Crippen LogP contribution in [0.4, 0.5) is 0 Å². The molecule has 7 nitrogen and oxygen atoms in total. The summed E-state index contributed by atoms with van der Waals surface area (Å²) in [6.45, 7) is 6.56. The van der Waals surface area contributed by atoms with Crippen molar-refractivity contribution < 1.29 is 24.1 Å². The fraction of sp³-hybridized carbons (Fsp3) is 0.500. The van der Waals surface area contributed by atoms with Crippen molar-refractivity contribution in [2.24, 2.45) is 0 Å². The van der Waals surface area contributed by atoms with Crippen LogP contribution in [0.3, 0.4) is 0 Å². The van der Waals surface area contributed by atoms with Crippen LogP contribution >= 0.6 is 0 Å². The number of rotatable bonds is 12. The maximum absolute atomic E-state index is 11.5. The van der Waals surface area contributed by atoms with E-state index in [0.29, 0.717) is 37.0 Å². The molecule has 1 aromatic carbocycles. The van der Waals surface area contributed by atoms with Crippen molar-refractivity contribution >= 4 is 5.97 Å². The van der Waals surface area contributed by atoms with E-state index in [1.165, 1.54) is 0 Å². The number of hydrogen-bond donors (Lipinski definition) is 2. The average Bonchev–Trinajstić information content (AvgIpc) is 3.07. The zero-order chi connectivity index (χ0) is 19.7. The van der Waals surface area contributed by atoms with Crippen molar-refractivity contribution in [3.8, 4) is 17.4 Å². The topological polar surface area (TPSA) is 93.7 Å². The Morgan fingerprint density at radius 1 is 1.26 bits per heavy atom. The van der Waals surface area contributed by atoms with Crippen molar-refractivity contribution in [3.05, 3.63) is 36.0 Å². The highest BCUT2D eigenvalue weighted by Crippen LogP contribution is 2.26. The molecule has 0 amide bonds. The van der Waals surface area contributed by atoms with Crippen molar-refractivity contribution in [2.45, 2.75) is 52.1 Å². The number of ether oxygens (including phenoxy) is 3. The second-order valence-corrected chi connectivity index (χ2v) is 6.47. The minimum absolute atomic E-state index is 0.431. The first-order valence-corrected chi connectivity index (χ1v) is 9.28. The lowest BCUT2D eigenvalue weighted by Crippen LogP contribution is -2.41. The predicted octanol–water partition coefficient (Wildman–Crippen LogP) is 3.84. The third kappa shape index (κ3) is 5.91. The second kappa shape index (κ2) is 9.85. The van der Waals surface area contributed by atoms with Gasteiger partial charge >= 0.3 is 5.97 Å². The summed E-state index contributed by atoms with van der Waals surface area (Å²) in [7, 11) is 0. The Morgan fingerprint density at radius 3 is 2.74 bits per heavy atom. The summed E-state index contributed by atoms with van der Waals surface area (Å²) in [4.78, 5) is 11.5. The van der Waals surface area contributed by atoms with Crippen LogP contribution in [0.15, 0.2) is 30.5 Å². The van der Waals surface area contributed by atoms with E-state index in [2.05, 4.69) is 10.2 Å². The Labute approximate surface area is 159 Å². The van der Waals surface area contributed by atoms with Gasteiger partial charge in [-0.15, -0.1) is 0 Å². The molecule has 0 fully saturated rings. The van der Waals surface area contributed by atoms with Gasteiger partial charge in [0.1, 0.15) is 11.5 Å². The number of nitrogens with zero attached hydrogens (tertiary/aromatic N) is 1. The number of nitrogens with one attached hydrogen (secondary N) is 1. The van der Waals surface area contributed by atoms with Gasteiger partial charge in [-0.3, -0.25) is 0 Å². The zero-order valence-corrected chi connectivity index (χ0v) is 16.2. The van der Waals surface area contributed by atoms with Crippen LogP contribution < -0.4 is 14.2 Å². The van der Waals surface area contributed by atoms with Gasteiger partial charge in [-0.05, 0) is 45.2 Å². The Kier molecular flexibility index (Phi) is 7.52. The molecule has 2 rings (SSSR count). The molecule has 2 N–H and O–H groups in total. The summed E-state index contributed by atoms with van der Waals surface area (Å²) in [5.41, 5.74) is -0.223. The molecule has 0 radical (unpaired) electrons. The zero-order valence-electron chi connectivity index (χ0n) is 16.2. The van der Waals surface area contributed by atoms with E-state index >= 15 is 0 Å². The van der Waals surface area contributed by atoms with Crippen LogP contribution in [0.25, 0.3) is 0 Å². The van der Waals surface area contributed by atoms with E-state index in [1.807, 2.05) is 19.9 Å². The highest BCUT2D eigenvalue weighted by Gasteiger charge is 2.34. The average molecular weight is 376 g/mol. The summed E-state index contributed by atoms with van der Waals surface area (Å²) >= 11 is 0. The lowest BCUT2D eigenvalue weighted by molar-refractivity contribution is -0.154. The number of aryl methyl sites for hydroxylation is 1. The molecule has 7 heteroatoms. The van der Waals surface area contributed by atoms with E-state index in [-0.39, 0.29) is 0 Å². The molecule has 2 aromatic rings. The van der Waals surface area contributed by atoms with E-state index in [0.717, 1.165) is 24.8 Å². The van der Waals surface area contributed by atoms with Gasteiger partial charge in [-0.1, -0.05) is 19.4 Å². The minimum atomic E-state index is -1.25. The fourth-order valence-corrected chi connectivity index (χ4v) is 2.77. The Hall–Kier alpha value is -2.70. The highest BCUT2D eigenvalue weighted by atomic mass is 16.5. The number of H-pyrrole nitrogens is 1. The molecule has 27 heavy (non-hydrogen) atoms. The minimum Gasteiger partial charge on any atom is -0.493 e. The van der Waals surface area contributed by atoms with Crippen LogP contribution in [0.1, 0.15) is 45.6 Å². The number of carboxylic acid groups (broad SMARTS) is 1. The molecule has 0 saturated heterocycles. The summed E-state index contributed by atoms with van der Waals surface area (Å²) in [6, 6.07) is 7.08. The van der Waals surface area contributed by atoms with Crippen molar-refractivity contribution in [1.82, 2.24) is 10.2 Å². The first-order chi connectivity index (χ1) is 13.0. The van der Waals surface area contributed by atoms with Gasteiger partial charge in [0.15, 0.2) is 0 Å². The summed E-state index contributed by atoms with van der Waals surface area (Å²) in [5.74, 6) is 0.867. The molecule has 0 saturated carbocycles. The van der Waals surface area contributed by atoms with Gasteiger partial charge in [0, 0.05) is 11.6 Å². The molecular formula is C20H28N2O5. The predicted molar refractivity (Wildman–Crippen MR) is 102 cm³/mol. The molecule has 1 heterocycles. The first-order valence-electron chi connectivity index (χ1n) is 9.28. The molecule has 1 unspecified atom stereocenters. The molecule has 1 atom stereocenters. The molecule has 0 bridgehead atoms. The van der Waals surface area contributed by atoms with Gasteiger partial charge in [-0.2, -0.15) is 5.10 Å². The largest absolute Gasteiger partial charge is 0.493 e. The van der Waals surface area contributed by atoms with Gasteiger partial charge in [0.2, 0.25) is 11.5 Å². The van der Waals surface area contributed by atoms with Gasteiger partial charge in [0.05, 0.1) is 19.4 Å². The first kappa shape index (κ1) is 20.6. The monoisotopic (exact) mass is 376 g/mol. The SMILES string of the molecule is CCCC(C)(Oc1cccc(OCCCc2cn[nH]c2OCC)c1)C(=O)O. The normalized spacial score (nSPS) is 13.0. The number of benzene rings is 1. The standard InChI is InChI=1S/C20H28N2O5/c1-4-11-20(3,19(23)24)27-17-10-6-9-16(13-17)26-12-7-8-15-14-21-22-18(15)25-5-2/h6,9-10,13-14H,4-5,7-8,11-12H2,1-3H3,(H,21,22)(H,23,24). The van der Waals surface area contributed by atoms with Crippen molar-refractivity contribution in [2.75, 3.05) is 13.2 Å². The van der Waals surface area contributed by atoms with Crippen LogP contribution in [-0.2, 0) is 11.2 Å². The second-order valence-electron chi connectivity index (χ2n) is 6.47. The molecule has 0 spiro atoms. The smallest absolute Gasteiger partial charge is 0.347 e. The third-order valence-electron chi connectivity index (χ3n) is 4.15. The maximum Gasteiger partial charge on any atom is 0.347 e. The quantitative estimate of drug-likeness (QED) is 0.547. The number of hydrogen-bond acceptors (Lipinski definition) is 5. The summed E-state index contributed by atoms with van der Waals surface area (Å²) in [5, 5.41) is 16.3. The number of aromatic nitrogens is 2. The Bertz CT molecular complexity index is 731. The Balaban J connectivity index is 1.88. The molecule has 1 aromatic heterocycles. The maximum atomic E-state index is 11.5. The molecule has 0 aliphatic carbocycles. The fourth-order valence-electron chi connectivity index (χ4n) is 2.77. The van der Waals surface area contributed by atoms with Gasteiger partial charge < -0.3 is 19.3 Å². The van der Waals surface area contributed by atoms with E-state index in [4.69, 9.17) is 14.2 Å². The summed E-state index contributed by atoms with van der Waals surface area (Å²) < 4.78 is 17.0.